The minimum atomic E-state index is -4.37. The third-order valence-corrected chi connectivity index (χ3v) is 3.96. The Balaban J connectivity index is 1.80. The van der Waals surface area contributed by atoms with Gasteiger partial charge in [0.1, 0.15) is 6.54 Å². The Morgan fingerprint density at radius 1 is 1.14 bits per heavy atom. The lowest BCUT2D eigenvalue weighted by molar-refractivity contribution is -0.144. The van der Waals surface area contributed by atoms with E-state index in [9.17, 15) is 18.0 Å². The monoisotopic (exact) mass is 389 g/mol. The van der Waals surface area contributed by atoms with E-state index in [2.05, 4.69) is 10.4 Å². The van der Waals surface area contributed by atoms with Gasteiger partial charge in [0.15, 0.2) is 0 Å². The zero-order valence-electron chi connectivity index (χ0n) is 15.0. The van der Waals surface area contributed by atoms with Crippen molar-refractivity contribution in [1.29, 1.82) is 0 Å². The third-order valence-electron chi connectivity index (χ3n) is 3.96. The van der Waals surface area contributed by atoms with Gasteiger partial charge in [-0.25, -0.2) is 0 Å². The summed E-state index contributed by atoms with van der Waals surface area (Å²) < 4.78 is 44.5. The summed E-state index contributed by atoms with van der Waals surface area (Å²) in [5.74, 6) is -0.381. The largest absolute Gasteiger partial charge is 0.465 e. The minimum Gasteiger partial charge on any atom is -0.465 e. The Hall–Kier alpha value is -3.29. The molecule has 3 rings (SSSR count). The number of hydrogen-bond donors (Lipinski definition) is 1. The van der Waals surface area contributed by atoms with E-state index in [0.29, 0.717) is 18.0 Å². The number of alkyl halides is 3. The first-order valence-electron chi connectivity index (χ1n) is 8.58. The minimum absolute atomic E-state index is 0.00232. The summed E-state index contributed by atoms with van der Waals surface area (Å²) >= 11 is 0. The normalized spacial score (nSPS) is 11.3. The van der Waals surface area contributed by atoms with Crippen LogP contribution in [0.15, 0.2) is 60.9 Å². The highest BCUT2D eigenvalue weighted by atomic mass is 19.4. The number of ether oxygens (including phenoxy) is 1. The molecule has 0 saturated carbocycles. The van der Waals surface area contributed by atoms with Crippen LogP contribution in [0.2, 0.25) is 0 Å². The smallest absolute Gasteiger partial charge is 0.416 e. The van der Waals surface area contributed by atoms with Crippen molar-refractivity contribution < 1.29 is 22.7 Å². The summed E-state index contributed by atoms with van der Waals surface area (Å²) in [6.07, 6.45) is -1.04. The van der Waals surface area contributed by atoms with E-state index < -0.39 is 11.7 Å². The van der Waals surface area contributed by atoms with Gasteiger partial charge in [-0.2, -0.15) is 18.3 Å². The fourth-order valence-electron chi connectivity index (χ4n) is 2.67. The molecule has 146 valence electrons. The summed E-state index contributed by atoms with van der Waals surface area (Å²) in [6.45, 7) is 2.03. The van der Waals surface area contributed by atoms with Gasteiger partial charge in [0, 0.05) is 28.7 Å². The van der Waals surface area contributed by atoms with Gasteiger partial charge < -0.3 is 10.1 Å². The number of anilines is 2. The molecule has 3 aromatic rings. The maximum atomic E-state index is 12.7. The molecule has 0 atom stereocenters. The number of carbonyl (C=O) groups is 1. The lowest BCUT2D eigenvalue weighted by atomic mass is 10.1. The van der Waals surface area contributed by atoms with Crippen LogP contribution in [0.4, 0.5) is 24.5 Å². The first kappa shape index (κ1) is 19.5. The highest BCUT2D eigenvalue weighted by Gasteiger charge is 2.29. The van der Waals surface area contributed by atoms with E-state index in [1.807, 2.05) is 24.3 Å². The maximum absolute atomic E-state index is 12.7. The van der Waals surface area contributed by atoms with Gasteiger partial charge in [-0.15, -0.1) is 0 Å². The van der Waals surface area contributed by atoms with Crippen molar-refractivity contribution in [3.63, 3.8) is 0 Å². The van der Waals surface area contributed by atoms with Gasteiger partial charge in [-0.3, -0.25) is 9.48 Å². The van der Waals surface area contributed by atoms with E-state index in [4.69, 9.17) is 4.74 Å². The molecule has 2 aromatic carbocycles. The van der Waals surface area contributed by atoms with Crippen molar-refractivity contribution in [1.82, 2.24) is 9.78 Å². The average molecular weight is 389 g/mol. The molecule has 8 heteroatoms. The third kappa shape index (κ3) is 4.70. The number of para-hydroxylation sites is 1. The van der Waals surface area contributed by atoms with Gasteiger partial charge in [0.2, 0.25) is 0 Å². The standard InChI is InChI=1S/C20H18F3N3O2/c1-2-28-19(27)13-26-12-14(11-24-26)17-5-3-4-6-18(17)25-16-9-7-15(8-10-16)20(21,22)23/h3-12,25H,2,13H2,1H3. The van der Waals surface area contributed by atoms with Crippen molar-refractivity contribution in [2.24, 2.45) is 0 Å². The Labute approximate surface area is 159 Å². The van der Waals surface area contributed by atoms with Crippen LogP contribution >= 0.6 is 0 Å². The predicted molar refractivity (Wildman–Crippen MR) is 99.0 cm³/mol. The molecule has 0 unspecified atom stereocenters. The summed E-state index contributed by atoms with van der Waals surface area (Å²) in [4.78, 5) is 11.6. The molecule has 0 aliphatic rings. The zero-order chi connectivity index (χ0) is 20.1. The lowest BCUT2D eigenvalue weighted by Gasteiger charge is -2.12. The van der Waals surface area contributed by atoms with Gasteiger partial charge in [-0.1, -0.05) is 18.2 Å². The summed E-state index contributed by atoms with van der Waals surface area (Å²) in [7, 11) is 0. The number of nitrogens with zero attached hydrogens (tertiary/aromatic N) is 2. The second kappa shape index (κ2) is 8.16. The quantitative estimate of drug-likeness (QED) is 0.611. The second-order valence-electron chi connectivity index (χ2n) is 5.98. The predicted octanol–water partition coefficient (Wildman–Crippen LogP) is 4.88. The Bertz CT molecular complexity index is 950. The fraction of sp³-hybridized carbons (Fsp3) is 0.200. The van der Waals surface area contributed by atoms with Crippen LogP contribution in [-0.2, 0) is 22.3 Å². The van der Waals surface area contributed by atoms with Gasteiger partial charge in [0.05, 0.1) is 18.4 Å². The van der Waals surface area contributed by atoms with Gasteiger partial charge >= 0.3 is 12.1 Å². The number of esters is 1. The SMILES string of the molecule is CCOC(=O)Cn1cc(-c2ccccc2Nc2ccc(C(F)(F)F)cc2)cn1. The molecule has 0 amide bonds. The summed E-state index contributed by atoms with van der Waals surface area (Å²) in [5.41, 5.74) is 2.10. The number of hydrogen-bond acceptors (Lipinski definition) is 4. The van der Waals surface area contributed by atoms with Crippen LogP contribution in [-0.4, -0.2) is 22.4 Å². The van der Waals surface area contributed by atoms with Crippen LogP contribution in [0, 0.1) is 0 Å². The maximum Gasteiger partial charge on any atom is 0.416 e. The van der Waals surface area contributed by atoms with Crippen molar-refractivity contribution in [3.8, 4) is 11.1 Å². The van der Waals surface area contributed by atoms with Crippen molar-refractivity contribution in [3.05, 3.63) is 66.5 Å². The van der Waals surface area contributed by atoms with Crippen molar-refractivity contribution in [2.45, 2.75) is 19.6 Å². The Kier molecular flexibility index (Phi) is 5.67. The highest BCUT2D eigenvalue weighted by molar-refractivity contribution is 5.80. The van der Waals surface area contributed by atoms with E-state index in [0.717, 1.165) is 23.3 Å². The van der Waals surface area contributed by atoms with Gasteiger partial charge in [-0.05, 0) is 37.3 Å². The molecule has 0 spiro atoms. The molecule has 0 aliphatic heterocycles. The van der Waals surface area contributed by atoms with Crippen LogP contribution in [0.3, 0.4) is 0 Å². The van der Waals surface area contributed by atoms with Gasteiger partial charge in [0.25, 0.3) is 0 Å². The number of aromatic nitrogens is 2. The van der Waals surface area contributed by atoms with E-state index >= 15 is 0 Å². The molecule has 0 aliphatic carbocycles. The van der Waals surface area contributed by atoms with Crippen LogP contribution in [0.1, 0.15) is 12.5 Å². The lowest BCUT2D eigenvalue weighted by Crippen LogP contribution is -2.13. The number of nitrogens with one attached hydrogen (secondary N) is 1. The number of rotatable bonds is 6. The first-order valence-corrected chi connectivity index (χ1v) is 8.58. The number of carbonyl (C=O) groups excluding carboxylic acids is 1. The molecule has 5 nitrogen and oxygen atoms in total. The molecule has 0 saturated heterocycles. The zero-order valence-corrected chi connectivity index (χ0v) is 15.0. The molecule has 0 radical (unpaired) electrons. The number of benzene rings is 2. The van der Waals surface area contributed by atoms with Crippen LogP contribution in [0.5, 0.6) is 0 Å². The fourth-order valence-corrected chi connectivity index (χ4v) is 2.67. The second-order valence-corrected chi connectivity index (χ2v) is 5.98. The molecule has 1 aromatic heterocycles. The van der Waals surface area contributed by atoms with E-state index in [1.54, 1.807) is 19.3 Å². The molecular weight excluding hydrogens is 371 g/mol. The van der Waals surface area contributed by atoms with Crippen LogP contribution in [0.25, 0.3) is 11.1 Å². The molecule has 0 bridgehead atoms. The van der Waals surface area contributed by atoms with E-state index in [1.165, 1.54) is 16.8 Å². The summed E-state index contributed by atoms with van der Waals surface area (Å²) in [6, 6.07) is 12.2. The average Bonchev–Trinajstić information content (AvgIpc) is 3.10. The van der Waals surface area contributed by atoms with Crippen LogP contribution < -0.4 is 5.32 Å². The Morgan fingerprint density at radius 2 is 1.86 bits per heavy atom. The first-order chi connectivity index (χ1) is 13.4. The summed E-state index contributed by atoms with van der Waals surface area (Å²) in [5, 5.41) is 7.29. The number of halogens is 3. The topological polar surface area (TPSA) is 56.1 Å². The molecule has 0 fully saturated rings. The molecular formula is C20H18F3N3O2. The van der Waals surface area contributed by atoms with Crippen molar-refractivity contribution >= 4 is 17.3 Å². The molecule has 1 heterocycles. The molecule has 1 N–H and O–H groups in total. The van der Waals surface area contributed by atoms with E-state index in [-0.39, 0.29) is 12.5 Å². The van der Waals surface area contributed by atoms with Crippen molar-refractivity contribution in [2.75, 3.05) is 11.9 Å². The molecule has 28 heavy (non-hydrogen) atoms. The highest BCUT2D eigenvalue weighted by Crippen LogP contribution is 2.32. The Morgan fingerprint density at radius 3 is 2.54 bits per heavy atom.